The number of hydrogen-bond donors (Lipinski definition) is 0. The summed E-state index contributed by atoms with van der Waals surface area (Å²) >= 11 is 0. The van der Waals surface area contributed by atoms with Crippen molar-refractivity contribution in [3.63, 3.8) is 0 Å². The highest BCUT2D eigenvalue weighted by Gasteiger charge is 2.06. The van der Waals surface area contributed by atoms with Crippen LogP contribution in [0, 0.1) is 5.82 Å². The summed E-state index contributed by atoms with van der Waals surface area (Å²) in [5.74, 6) is -0.381. The van der Waals surface area contributed by atoms with E-state index in [1.807, 2.05) is 24.3 Å². The van der Waals surface area contributed by atoms with Crippen LogP contribution in [0.2, 0.25) is 0 Å². The summed E-state index contributed by atoms with van der Waals surface area (Å²) in [4.78, 5) is 23.7. The third-order valence-electron chi connectivity index (χ3n) is 4.23. The Kier molecular flexibility index (Phi) is 6.53. The lowest BCUT2D eigenvalue weighted by atomic mass is 10.1. The van der Waals surface area contributed by atoms with Gasteiger partial charge in [-0.2, -0.15) is 0 Å². The van der Waals surface area contributed by atoms with E-state index in [0.29, 0.717) is 23.5 Å². The summed E-state index contributed by atoms with van der Waals surface area (Å²) in [5, 5.41) is 0. The average Bonchev–Trinajstić information content (AvgIpc) is 2.77. The van der Waals surface area contributed by atoms with Gasteiger partial charge in [-0.15, -0.1) is 0 Å². The van der Waals surface area contributed by atoms with Crippen LogP contribution in [0.15, 0.2) is 78.9 Å². The molecule has 0 radical (unpaired) electrons. The molecule has 0 fully saturated rings. The highest BCUT2D eigenvalue weighted by atomic mass is 19.1. The van der Waals surface area contributed by atoms with Crippen molar-refractivity contribution in [3.8, 4) is 5.75 Å². The van der Waals surface area contributed by atoms with Crippen LogP contribution < -0.4 is 4.74 Å². The molecule has 3 aromatic rings. The lowest BCUT2D eigenvalue weighted by molar-refractivity contribution is 0.0600. The maximum absolute atomic E-state index is 13.0. The second-order valence-corrected chi connectivity index (χ2v) is 6.22. The van der Waals surface area contributed by atoms with Crippen molar-refractivity contribution < 1.29 is 23.5 Å². The van der Waals surface area contributed by atoms with Gasteiger partial charge in [0.25, 0.3) is 0 Å². The third-order valence-corrected chi connectivity index (χ3v) is 4.23. The molecule has 4 nitrogen and oxygen atoms in total. The van der Waals surface area contributed by atoms with Gasteiger partial charge in [-0.05, 0) is 60.2 Å². The first-order valence-electron chi connectivity index (χ1n) is 8.94. The largest absolute Gasteiger partial charge is 0.488 e. The van der Waals surface area contributed by atoms with E-state index in [1.165, 1.54) is 37.5 Å². The minimum Gasteiger partial charge on any atom is -0.488 e. The number of carbonyl (C=O) groups is 2. The van der Waals surface area contributed by atoms with E-state index >= 15 is 0 Å². The summed E-state index contributed by atoms with van der Waals surface area (Å²) in [6.45, 7) is 0.304. The minimum atomic E-state index is -0.390. The lowest BCUT2D eigenvalue weighted by Gasteiger charge is -2.09. The topological polar surface area (TPSA) is 52.6 Å². The van der Waals surface area contributed by atoms with Crippen molar-refractivity contribution in [2.75, 3.05) is 7.11 Å². The Balaban J connectivity index is 1.68. The molecular weight excluding hydrogens is 371 g/mol. The second kappa shape index (κ2) is 9.46. The van der Waals surface area contributed by atoms with Gasteiger partial charge >= 0.3 is 5.97 Å². The normalized spacial score (nSPS) is 10.7. The van der Waals surface area contributed by atoms with Gasteiger partial charge < -0.3 is 9.47 Å². The smallest absolute Gasteiger partial charge is 0.337 e. The molecule has 0 atom stereocenters. The number of ether oxygens (including phenoxy) is 2. The Morgan fingerprint density at radius 2 is 1.55 bits per heavy atom. The molecule has 3 aromatic carbocycles. The first-order valence-corrected chi connectivity index (χ1v) is 8.94. The first-order chi connectivity index (χ1) is 14.1. The summed E-state index contributed by atoms with van der Waals surface area (Å²) in [6, 6.07) is 19.7. The van der Waals surface area contributed by atoms with E-state index < -0.39 is 5.97 Å². The SMILES string of the molecule is COC(=O)c1ccc(COc2ccccc2/C=C/C(=O)c2ccc(F)cc2)cc1. The van der Waals surface area contributed by atoms with Crippen LogP contribution in [-0.2, 0) is 11.3 Å². The summed E-state index contributed by atoms with van der Waals surface area (Å²) in [5.41, 5.74) is 2.51. The van der Waals surface area contributed by atoms with E-state index in [1.54, 1.807) is 30.3 Å². The van der Waals surface area contributed by atoms with E-state index in [0.717, 1.165) is 11.1 Å². The molecule has 0 unspecified atom stereocenters. The Labute approximate surface area is 168 Å². The van der Waals surface area contributed by atoms with Gasteiger partial charge in [0.05, 0.1) is 12.7 Å². The predicted octanol–water partition coefficient (Wildman–Crippen LogP) is 5.09. The molecule has 0 aliphatic carbocycles. The number of esters is 1. The highest BCUT2D eigenvalue weighted by molar-refractivity contribution is 6.06. The zero-order valence-electron chi connectivity index (χ0n) is 15.8. The summed E-state index contributed by atoms with van der Waals surface area (Å²) in [6.07, 6.45) is 3.10. The number of hydrogen-bond acceptors (Lipinski definition) is 4. The molecule has 0 saturated carbocycles. The quantitative estimate of drug-likeness (QED) is 0.320. The van der Waals surface area contributed by atoms with E-state index in [4.69, 9.17) is 4.74 Å². The number of rotatable bonds is 7. The predicted molar refractivity (Wildman–Crippen MR) is 108 cm³/mol. The molecule has 29 heavy (non-hydrogen) atoms. The van der Waals surface area contributed by atoms with Gasteiger partial charge in [-0.3, -0.25) is 4.79 Å². The number of carbonyl (C=O) groups excluding carboxylic acids is 2. The maximum atomic E-state index is 13.0. The fraction of sp³-hybridized carbons (Fsp3) is 0.0833. The molecule has 0 heterocycles. The fourth-order valence-corrected chi connectivity index (χ4v) is 2.64. The second-order valence-electron chi connectivity index (χ2n) is 6.22. The molecule has 5 heteroatoms. The summed E-state index contributed by atoms with van der Waals surface area (Å²) in [7, 11) is 1.34. The molecule has 0 N–H and O–H groups in total. The van der Waals surface area contributed by atoms with Crippen molar-refractivity contribution in [1.29, 1.82) is 0 Å². The van der Waals surface area contributed by atoms with Crippen molar-refractivity contribution in [1.82, 2.24) is 0 Å². The third kappa shape index (κ3) is 5.39. The molecule has 0 spiro atoms. The zero-order chi connectivity index (χ0) is 20.6. The van der Waals surface area contributed by atoms with Crippen LogP contribution in [-0.4, -0.2) is 18.9 Å². The van der Waals surface area contributed by atoms with Gasteiger partial charge in [-0.25, -0.2) is 9.18 Å². The number of methoxy groups -OCH3 is 1. The molecule has 0 saturated heterocycles. The van der Waals surface area contributed by atoms with Crippen LogP contribution in [0.4, 0.5) is 4.39 Å². The Bertz CT molecular complexity index is 1020. The number of benzene rings is 3. The Morgan fingerprint density at radius 3 is 2.24 bits per heavy atom. The number of halogens is 1. The van der Waals surface area contributed by atoms with Gasteiger partial charge in [-0.1, -0.05) is 30.3 Å². The van der Waals surface area contributed by atoms with Gasteiger partial charge in [0, 0.05) is 11.1 Å². The summed E-state index contributed by atoms with van der Waals surface area (Å²) < 4.78 is 23.5. The Morgan fingerprint density at radius 1 is 0.897 bits per heavy atom. The van der Waals surface area contributed by atoms with E-state index in [-0.39, 0.29) is 11.6 Å². The van der Waals surface area contributed by atoms with Gasteiger partial charge in [0.1, 0.15) is 18.2 Å². The number of ketones is 1. The molecule has 0 bridgehead atoms. The fourth-order valence-electron chi connectivity index (χ4n) is 2.64. The van der Waals surface area contributed by atoms with Crippen LogP contribution in [0.3, 0.4) is 0 Å². The Hall–Kier alpha value is -3.73. The molecule has 0 aliphatic rings. The average molecular weight is 390 g/mol. The number of para-hydroxylation sites is 1. The highest BCUT2D eigenvalue weighted by Crippen LogP contribution is 2.21. The van der Waals surface area contributed by atoms with E-state index in [2.05, 4.69) is 4.74 Å². The van der Waals surface area contributed by atoms with Crippen LogP contribution >= 0.6 is 0 Å². The number of allylic oxidation sites excluding steroid dienone is 1. The van der Waals surface area contributed by atoms with Crippen molar-refractivity contribution in [3.05, 3.63) is 107 Å². The van der Waals surface area contributed by atoms with Gasteiger partial charge in [0.2, 0.25) is 0 Å². The van der Waals surface area contributed by atoms with Crippen LogP contribution in [0.5, 0.6) is 5.75 Å². The maximum Gasteiger partial charge on any atom is 0.337 e. The van der Waals surface area contributed by atoms with Crippen LogP contribution in [0.1, 0.15) is 31.8 Å². The molecule has 0 amide bonds. The zero-order valence-corrected chi connectivity index (χ0v) is 15.8. The molecule has 146 valence electrons. The monoisotopic (exact) mass is 390 g/mol. The first kappa shape index (κ1) is 20.0. The molecule has 3 rings (SSSR count). The standard InChI is InChI=1S/C24H19FO4/c1-28-24(27)20-8-6-17(7-9-20)16-29-23-5-3-2-4-19(23)12-15-22(26)18-10-13-21(25)14-11-18/h2-15H,16H2,1H3/b15-12+. The van der Waals surface area contributed by atoms with E-state index in [9.17, 15) is 14.0 Å². The van der Waals surface area contributed by atoms with Crippen molar-refractivity contribution >= 4 is 17.8 Å². The van der Waals surface area contributed by atoms with Crippen molar-refractivity contribution in [2.45, 2.75) is 6.61 Å². The van der Waals surface area contributed by atoms with Crippen molar-refractivity contribution in [2.24, 2.45) is 0 Å². The van der Waals surface area contributed by atoms with Crippen LogP contribution in [0.25, 0.3) is 6.08 Å². The van der Waals surface area contributed by atoms with Gasteiger partial charge in [0.15, 0.2) is 5.78 Å². The molecular formula is C24H19FO4. The lowest BCUT2D eigenvalue weighted by Crippen LogP contribution is -2.02. The molecule has 0 aliphatic heterocycles. The molecule has 0 aromatic heterocycles. The minimum absolute atomic E-state index is 0.224.